The second-order valence-corrected chi connectivity index (χ2v) is 0. The summed E-state index contributed by atoms with van der Waals surface area (Å²) in [4.78, 5) is 0. The molecule has 0 spiro atoms. The summed E-state index contributed by atoms with van der Waals surface area (Å²) in [5, 5.41) is 0. The van der Waals surface area contributed by atoms with Gasteiger partial charge in [-0.1, -0.05) is 0 Å². The van der Waals surface area contributed by atoms with E-state index in [0.717, 1.165) is 0 Å². The van der Waals surface area contributed by atoms with Crippen LogP contribution in [0, 0.1) is 0 Å². The van der Waals surface area contributed by atoms with E-state index in [9.17, 15) is 0 Å². The minimum atomic E-state index is 0. The molecule has 0 aromatic rings. The summed E-state index contributed by atoms with van der Waals surface area (Å²) in [6.07, 6.45) is 0. The van der Waals surface area contributed by atoms with E-state index in [-0.39, 0.29) is 68.5 Å². The van der Waals surface area contributed by atoms with Crippen LogP contribution in [0.5, 0.6) is 0 Å². The van der Waals surface area contributed by atoms with Gasteiger partial charge in [0.25, 0.3) is 0 Å². The molecule has 7 N–H and O–H groups in total. The molecule has 3 nitrogen and oxygen atoms in total. The van der Waals surface area contributed by atoms with Crippen LogP contribution in [0.1, 0.15) is 0 Å². The Morgan fingerprint density at radius 2 is 0.750 bits per heavy atom. The van der Waals surface area contributed by atoms with E-state index in [1.807, 2.05) is 0 Å². The molecule has 0 radical (unpaired) electrons. The summed E-state index contributed by atoms with van der Waals surface area (Å²) in [7, 11) is 0. The minimum absolute atomic E-state index is 0. The van der Waals surface area contributed by atoms with Crippen molar-refractivity contribution >= 4 is 51.4 Å². The zero-order chi connectivity index (χ0) is 0. The Morgan fingerprint density at radius 1 is 0.750 bits per heavy atom. The normalized spacial score (nSPS) is 0. The molecule has 4 heavy (non-hydrogen) atoms. The zero-order valence-electron chi connectivity index (χ0n) is 1.71. The van der Waals surface area contributed by atoms with Crippen LogP contribution in [0.4, 0.5) is 0 Å². The second kappa shape index (κ2) is 24.3. The van der Waals surface area contributed by atoms with E-state index in [2.05, 4.69) is 0 Å². The maximum absolute atomic E-state index is 0. The molecule has 0 aliphatic rings. The van der Waals surface area contributed by atoms with E-state index >= 15 is 0 Å². The van der Waals surface area contributed by atoms with Gasteiger partial charge in [-0.25, -0.2) is 0 Å². The van der Waals surface area contributed by atoms with Gasteiger partial charge in [-0.2, -0.15) is 0 Å². The number of rotatable bonds is 0. The molecule has 0 heterocycles. The molecule has 0 amide bonds. The van der Waals surface area contributed by atoms with Crippen LogP contribution in [0.2, 0.25) is 0 Å². The van der Waals surface area contributed by atoms with Crippen LogP contribution >= 0.6 is 0 Å². The van der Waals surface area contributed by atoms with E-state index in [1.165, 1.54) is 0 Å². The quantitative estimate of drug-likeness (QED) is 0.340. The van der Waals surface area contributed by atoms with E-state index < -0.39 is 0 Å². The first kappa shape index (κ1) is 48.9. The van der Waals surface area contributed by atoms with Crippen molar-refractivity contribution in [1.29, 1.82) is 0 Å². The van der Waals surface area contributed by atoms with Crippen molar-refractivity contribution in [2.45, 2.75) is 0 Å². The van der Waals surface area contributed by atoms with Crippen molar-refractivity contribution in [3.63, 3.8) is 0 Å². The summed E-state index contributed by atoms with van der Waals surface area (Å²) >= 11 is 0. The molecular formula is H8KNO2. The van der Waals surface area contributed by atoms with Crippen LogP contribution in [0.3, 0.4) is 0 Å². The summed E-state index contributed by atoms with van der Waals surface area (Å²) in [5.41, 5.74) is 0. The maximum atomic E-state index is 0. The zero-order valence-corrected chi connectivity index (χ0v) is 1.71. The van der Waals surface area contributed by atoms with Gasteiger partial charge in [0.05, 0.1) is 0 Å². The molecule has 4 heteroatoms. The Morgan fingerprint density at radius 3 is 0.750 bits per heavy atom. The van der Waals surface area contributed by atoms with Gasteiger partial charge in [-0.05, 0) is 0 Å². The Bertz CT molecular complexity index is 6.00. The molecule has 0 atom stereocenters. The summed E-state index contributed by atoms with van der Waals surface area (Å²) in [5.74, 6) is 0. The Hall–Kier alpha value is 1.52. The predicted octanol–water partition coefficient (Wildman–Crippen LogP) is -2.14. The Labute approximate surface area is 67.4 Å². The van der Waals surface area contributed by atoms with Gasteiger partial charge in [-0.3, -0.25) is 0 Å². The molecule has 26 valence electrons. The van der Waals surface area contributed by atoms with Crippen LogP contribution < -0.4 is 6.15 Å². The van der Waals surface area contributed by atoms with E-state index in [4.69, 9.17) is 0 Å². The third-order valence-corrected chi connectivity index (χ3v) is 0. The van der Waals surface area contributed by atoms with E-state index in [1.54, 1.807) is 0 Å². The summed E-state index contributed by atoms with van der Waals surface area (Å²) in [6.45, 7) is 0. The van der Waals surface area contributed by atoms with Gasteiger partial charge in [0, 0.05) is 0 Å². The fourth-order valence-electron chi connectivity index (χ4n) is 0. The van der Waals surface area contributed by atoms with Crippen molar-refractivity contribution in [3.05, 3.63) is 0 Å². The monoisotopic (exact) mass is 93.0 g/mol. The predicted molar refractivity (Wildman–Crippen MR) is 19.4 cm³/mol. The Balaban J connectivity index is 0. The Kier molecular flexibility index (Phi) is 297. The van der Waals surface area contributed by atoms with Crippen molar-refractivity contribution in [3.8, 4) is 0 Å². The van der Waals surface area contributed by atoms with Crippen LogP contribution in [0.25, 0.3) is 0 Å². The molecule has 0 saturated heterocycles. The van der Waals surface area contributed by atoms with Crippen molar-refractivity contribution in [1.82, 2.24) is 6.15 Å². The standard InChI is InChI=1S/K.H3N.2H2O.H/h;1H3;2*1H2;. The fraction of sp³-hybridized carbons (Fsp3) is 0. The first-order valence-electron chi connectivity index (χ1n) is 0. The molecule has 0 aromatic carbocycles. The van der Waals surface area contributed by atoms with Crippen molar-refractivity contribution in [2.24, 2.45) is 0 Å². The average Bonchev–Trinajstić information content (AvgIpc) is 0. The van der Waals surface area contributed by atoms with Crippen LogP contribution in [-0.2, 0) is 0 Å². The molecule has 0 rings (SSSR count). The molecular weight excluding hydrogens is 85.1 g/mol. The van der Waals surface area contributed by atoms with Gasteiger partial charge in [0.15, 0.2) is 0 Å². The first-order chi connectivity index (χ1) is 0. The van der Waals surface area contributed by atoms with Gasteiger partial charge in [0.1, 0.15) is 0 Å². The van der Waals surface area contributed by atoms with Gasteiger partial charge < -0.3 is 17.1 Å². The fourth-order valence-corrected chi connectivity index (χ4v) is 0. The van der Waals surface area contributed by atoms with E-state index in [0.29, 0.717) is 0 Å². The number of hydrogen-bond acceptors (Lipinski definition) is 1. The topological polar surface area (TPSA) is 98.0 Å². The van der Waals surface area contributed by atoms with Gasteiger partial charge >= 0.3 is 51.4 Å². The molecule has 0 bridgehead atoms. The molecule has 0 aromatic heterocycles. The third kappa shape index (κ3) is 9.68. The molecule has 0 aliphatic heterocycles. The number of hydrogen-bond donors (Lipinski definition) is 1. The second-order valence-electron chi connectivity index (χ2n) is 0. The third-order valence-electron chi connectivity index (χ3n) is 0. The van der Waals surface area contributed by atoms with Crippen LogP contribution in [0.15, 0.2) is 0 Å². The van der Waals surface area contributed by atoms with Crippen LogP contribution in [-0.4, -0.2) is 62.3 Å². The SMILES string of the molecule is N.O.O.[KH]. The molecule has 0 fully saturated rings. The summed E-state index contributed by atoms with van der Waals surface area (Å²) < 4.78 is 0. The van der Waals surface area contributed by atoms with Crippen molar-refractivity contribution in [2.75, 3.05) is 0 Å². The van der Waals surface area contributed by atoms with Crippen molar-refractivity contribution < 1.29 is 11.0 Å². The van der Waals surface area contributed by atoms with Gasteiger partial charge in [0.2, 0.25) is 0 Å². The molecule has 0 aliphatic carbocycles. The first-order valence-corrected chi connectivity index (χ1v) is 0. The van der Waals surface area contributed by atoms with Gasteiger partial charge in [-0.15, -0.1) is 0 Å². The average molecular weight is 93.2 g/mol. The molecule has 0 unspecified atom stereocenters. The molecule has 0 saturated carbocycles. The summed E-state index contributed by atoms with van der Waals surface area (Å²) in [6, 6.07) is 0.